The molecule has 24 heavy (non-hydrogen) atoms. The first-order chi connectivity index (χ1) is 11.4. The molecular weight excluding hydrogens is 312 g/mol. The van der Waals surface area contributed by atoms with Gasteiger partial charge in [0.15, 0.2) is 0 Å². The van der Waals surface area contributed by atoms with E-state index in [1.807, 2.05) is 0 Å². The zero-order chi connectivity index (χ0) is 17.7. The number of anilines is 1. The van der Waals surface area contributed by atoms with Crippen LogP contribution in [-0.2, 0) is 14.3 Å². The van der Waals surface area contributed by atoms with Crippen LogP contribution >= 0.6 is 0 Å². The molecule has 0 saturated carbocycles. The Balaban J connectivity index is 1.94. The van der Waals surface area contributed by atoms with Crippen LogP contribution in [0.5, 0.6) is 0 Å². The normalized spacial score (nSPS) is 16.5. The summed E-state index contributed by atoms with van der Waals surface area (Å²) in [7, 11) is 1.46. The maximum absolute atomic E-state index is 12.4. The Labute approximate surface area is 140 Å². The van der Waals surface area contributed by atoms with Gasteiger partial charge in [-0.15, -0.1) is 0 Å². The van der Waals surface area contributed by atoms with Crippen molar-refractivity contribution in [3.63, 3.8) is 0 Å². The summed E-state index contributed by atoms with van der Waals surface area (Å²) in [6, 6.07) is 6.63. The Bertz CT molecular complexity index is 606. The Kier molecular flexibility index (Phi) is 5.92. The molecule has 1 aromatic rings. The van der Waals surface area contributed by atoms with Gasteiger partial charge in [0.05, 0.1) is 5.92 Å². The molecule has 1 saturated heterocycles. The van der Waals surface area contributed by atoms with Crippen molar-refractivity contribution >= 4 is 23.5 Å². The summed E-state index contributed by atoms with van der Waals surface area (Å²) in [4.78, 5) is 36.8. The third-order valence-corrected chi connectivity index (χ3v) is 4.25. The maximum atomic E-state index is 12.4. The van der Waals surface area contributed by atoms with E-state index >= 15 is 0 Å². The fraction of sp³-hybridized carbons (Fsp3) is 0.471. The Morgan fingerprint density at radius 2 is 1.79 bits per heavy atom. The number of benzene rings is 1. The Hall–Kier alpha value is -2.41. The summed E-state index contributed by atoms with van der Waals surface area (Å²) in [6.07, 6.45) is 0.399. The van der Waals surface area contributed by atoms with Gasteiger partial charge in [-0.1, -0.05) is 0 Å². The highest BCUT2D eigenvalue weighted by molar-refractivity contribution is 5.96. The molecule has 1 atom stereocenters. The number of hydrogen-bond acceptors (Lipinski definition) is 4. The number of rotatable bonds is 5. The molecule has 1 aliphatic heterocycles. The van der Waals surface area contributed by atoms with Crippen LogP contribution in [0, 0.1) is 5.92 Å². The standard InChI is InChI=1S/C17H22N2O5/c1-11(24-2)15(20)18-14-5-3-12(4-6-14)16(21)19-9-7-13(8-10-19)17(22)23/h3-6,11,13H,7-10H2,1-2H3,(H,18,20)(H,22,23). The van der Waals surface area contributed by atoms with Gasteiger partial charge in [0.2, 0.25) is 0 Å². The van der Waals surface area contributed by atoms with Crippen LogP contribution in [0.25, 0.3) is 0 Å². The predicted molar refractivity (Wildman–Crippen MR) is 87.8 cm³/mol. The highest BCUT2D eigenvalue weighted by Gasteiger charge is 2.27. The maximum Gasteiger partial charge on any atom is 0.306 e. The van der Waals surface area contributed by atoms with Gasteiger partial charge in [0.25, 0.3) is 11.8 Å². The first kappa shape index (κ1) is 17.9. The number of nitrogens with zero attached hydrogens (tertiary/aromatic N) is 1. The molecular formula is C17H22N2O5. The number of carboxylic acids is 1. The van der Waals surface area contributed by atoms with Gasteiger partial charge >= 0.3 is 5.97 Å². The number of carbonyl (C=O) groups excluding carboxylic acids is 2. The van der Waals surface area contributed by atoms with Gasteiger partial charge < -0.3 is 20.1 Å². The molecule has 1 heterocycles. The van der Waals surface area contributed by atoms with E-state index in [0.29, 0.717) is 37.2 Å². The number of methoxy groups -OCH3 is 1. The summed E-state index contributed by atoms with van der Waals surface area (Å²) < 4.78 is 4.94. The van der Waals surface area contributed by atoms with Crippen LogP contribution < -0.4 is 5.32 Å². The monoisotopic (exact) mass is 334 g/mol. The molecule has 1 aromatic carbocycles. The van der Waals surface area contributed by atoms with E-state index in [1.54, 1.807) is 36.1 Å². The molecule has 0 spiro atoms. The van der Waals surface area contributed by atoms with Crippen molar-refractivity contribution in [1.29, 1.82) is 0 Å². The largest absolute Gasteiger partial charge is 0.481 e. The molecule has 1 unspecified atom stereocenters. The second-order valence-electron chi connectivity index (χ2n) is 5.85. The topological polar surface area (TPSA) is 95.9 Å². The molecule has 0 radical (unpaired) electrons. The summed E-state index contributed by atoms with van der Waals surface area (Å²) in [5.74, 6) is -1.55. The van der Waals surface area contributed by atoms with Gasteiger partial charge in [-0.2, -0.15) is 0 Å². The van der Waals surface area contributed by atoms with Crippen molar-refractivity contribution in [3.05, 3.63) is 29.8 Å². The molecule has 2 N–H and O–H groups in total. The number of likely N-dealkylation sites (tertiary alicyclic amines) is 1. The van der Waals surface area contributed by atoms with Crippen molar-refractivity contribution < 1.29 is 24.2 Å². The van der Waals surface area contributed by atoms with Gasteiger partial charge in [-0.3, -0.25) is 14.4 Å². The van der Waals surface area contributed by atoms with Crippen LogP contribution in [0.1, 0.15) is 30.1 Å². The average molecular weight is 334 g/mol. The van der Waals surface area contributed by atoms with Gasteiger partial charge in [-0.05, 0) is 44.0 Å². The first-order valence-electron chi connectivity index (χ1n) is 7.88. The molecule has 1 fully saturated rings. The second-order valence-corrected chi connectivity index (χ2v) is 5.85. The lowest BCUT2D eigenvalue weighted by Crippen LogP contribution is -2.40. The second kappa shape index (κ2) is 7.92. The summed E-state index contributed by atoms with van der Waals surface area (Å²) >= 11 is 0. The number of carbonyl (C=O) groups is 3. The highest BCUT2D eigenvalue weighted by Crippen LogP contribution is 2.20. The fourth-order valence-electron chi connectivity index (χ4n) is 2.56. The molecule has 2 rings (SSSR count). The average Bonchev–Trinajstić information content (AvgIpc) is 2.61. The lowest BCUT2D eigenvalue weighted by Gasteiger charge is -2.30. The smallest absolute Gasteiger partial charge is 0.306 e. The van der Waals surface area contributed by atoms with Crippen molar-refractivity contribution in [2.75, 3.05) is 25.5 Å². The van der Waals surface area contributed by atoms with Gasteiger partial charge in [0.1, 0.15) is 6.10 Å². The van der Waals surface area contributed by atoms with E-state index in [-0.39, 0.29) is 17.7 Å². The van der Waals surface area contributed by atoms with Crippen molar-refractivity contribution in [1.82, 2.24) is 4.90 Å². The third-order valence-electron chi connectivity index (χ3n) is 4.25. The number of aliphatic carboxylic acids is 1. The zero-order valence-electron chi connectivity index (χ0n) is 13.8. The zero-order valence-corrected chi connectivity index (χ0v) is 13.8. The molecule has 0 aliphatic carbocycles. The molecule has 130 valence electrons. The van der Waals surface area contributed by atoms with E-state index < -0.39 is 12.1 Å². The quantitative estimate of drug-likeness (QED) is 0.852. The molecule has 7 nitrogen and oxygen atoms in total. The number of nitrogens with one attached hydrogen (secondary N) is 1. The SMILES string of the molecule is COC(C)C(=O)Nc1ccc(C(=O)N2CCC(C(=O)O)CC2)cc1. The summed E-state index contributed by atoms with van der Waals surface area (Å²) in [5, 5.41) is 11.7. The van der Waals surface area contributed by atoms with E-state index in [4.69, 9.17) is 9.84 Å². The number of ether oxygens (including phenoxy) is 1. The number of carboxylic acid groups (broad SMARTS) is 1. The van der Waals surface area contributed by atoms with Crippen molar-refractivity contribution in [3.8, 4) is 0 Å². The number of piperidine rings is 1. The third kappa shape index (κ3) is 4.32. The molecule has 7 heteroatoms. The fourth-order valence-corrected chi connectivity index (χ4v) is 2.56. The van der Waals surface area contributed by atoms with Crippen LogP contribution in [0.15, 0.2) is 24.3 Å². The van der Waals surface area contributed by atoms with E-state index in [2.05, 4.69) is 5.32 Å². The summed E-state index contributed by atoms with van der Waals surface area (Å²) in [5.41, 5.74) is 1.10. The van der Waals surface area contributed by atoms with Gasteiger partial charge in [-0.25, -0.2) is 0 Å². The predicted octanol–water partition coefficient (Wildman–Crippen LogP) is 1.60. The van der Waals surface area contributed by atoms with Crippen LogP contribution in [-0.4, -0.2) is 54.1 Å². The number of hydrogen-bond donors (Lipinski definition) is 2. The highest BCUT2D eigenvalue weighted by atomic mass is 16.5. The molecule has 2 amide bonds. The van der Waals surface area contributed by atoms with Gasteiger partial charge in [0, 0.05) is 31.5 Å². The van der Waals surface area contributed by atoms with E-state index in [9.17, 15) is 14.4 Å². The minimum atomic E-state index is -0.799. The minimum absolute atomic E-state index is 0.123. The first-order valence-corrected chi connectivity index (χ1v) is 7.88. The molecule has 1 aliphatic rings. The van der Waals surface area contributed by atoms with Crippen molar-refractivity contribution in [2.45, 2.75) is 25.9 Å². The summed E-state index contributed by atoms with van der Waals surface area (Å²) in [6.45, 7) is 2.53. The van der Waals surface area contributed by atoms with E-state index in [1.165, 1.54) is 7.11 Å². The minimum Gasteiger partial charge on any atom is -0.481 e. The van der Waals surface area contributed by atoms with Crippen LogP contribution in [0.2, 0.25) is 0 Å². The van der Waals surface area contributed by atoms with Crippen LogP contribution in [0.4, 0.5) is 5.69 Å². The van der Waals surface area contributed by atoms with E-state index in [0.717, 1.165) is 0 Å². The van der Waals surface area contributed by atoms with Crippen LogP contribution in [0.3, 0.4) is 0 Å². The Morgan fingerprint density at radius 1 is 1.21 bits per heavy atom. The number of amides is 2. The Morgan fingerprint density at radius 3 is 2.29 bits per heavy atom. The van der Waals surface area contributed by atoms with Crippen molar-refractivity contribution in [2.24, 2.45) is 5.92 Å². The lowest BCUT2D eigenvalue weighted by molar-refractivity contribution is -0.143. The molecule has 0 bridgehead atoms. The lowest BCUT2D eigenvalue weighted by atomic mass is 9.96. The molecule has 0 aromatic heterocycles.